The maximum absolute atomic E-state index is 12.4. The molecule has 154 valence electrons. The van der Waals surface area contributed by atoms with Crippen LogP contribution in [0.4, 0.5) is 5.69 Å². The van der Waals surface area contributed by atoms with Crippen LogP contribution in [0.3, 0.4) is 0 Å². The van der Waals surface area contributed by atoms with Crippen LogP contribution in [0.1, 0.15) is 43.0 Å². The lowest BCUT2D eigenvalue weighted by atomic mass is 9.87. The van der Waals surface area contributed by atoms with Crippen molar-refractivity contribution in [2.45, 2.75) is 38.6 Å². The second-order valence-electron chi connectivity index (χ2n) is 6.83. The Kier molecular flexibility index (Phi) is 7.10. The van der Waals surface area contributed by atoms with E-state index in [1.807, 2.05) is 16.2 Å². The molecule has 1 aliphatic carbocycles. The maximum atomic E-state index is 12.4. The Morgan fingerprint density at radius 3 is 2.75 bits per heavy atom. The minimum Gasteiger partial charge on any atom is -0.462 e. The van der Waals surface area contributed by atoms with Crippen LogP contribution in [0.25, 0.3) is 11.0 Å². The molecule has 11 heteroatoms. The Morgan fingerprint density at radius 1 is 1.43 bits per heavy atom. The molecule has 8 nitrogen and oxygen atoms in total. The van der Waals surface area contributed by atoms with Gasteiger partial charge in [-0.25, -0.2) is 9.78 Å². The first kappa shape index (κ1) is 21.7. The Morgan fingerprint density at radius 2 is 2.14 bits per heavy atom. The first-order valence-corrected chi connectivity index (χ1v) is 13.9. The van der Waals surface area contributed by atoms with Gasteiger partial charge in [0, 0.05) is 54.1 Å². The van der Waals surface area contributed by atoms with Gasteiger partial charge in [-0.05, 0) is 44.6 Å². The average molecular weight is 539 g/mol. The van der Waals surface area contributed by atoms with Gasteiger partial charge in [-0.3, -0.25) is 8.53 Å². The zero-order chi connectivity index (χ0) is 20.3. The zero-order valence-electron chi connectivity index (χ0n) is 15.3. The molecule has 2 N–H and O–H groups in total. The Labute approximate surface area is 180 Å². The van der Waals surface area contributed by atoms with Crippen molar-refractivity contribution in [1.82, 2.24) is 8.96 Å². The average Bonchev–Trinajstić information content (AvgIpc) is 3.06. The molecular formula is C17H22IN3O5S2. The molecule has 0 unspecified atom stereocenters. The Hall–Kier alpha value is -1.05. The Bertz CT molecular complexity index is 955. The summed E-state index contributed by atoms with van der Waals surface area (Å²) in [7, 11) is -2.46. The number of esters is 1. The van der Waals surface area contributed by atoms with Gasteiger partial charge in [0.25, 0.3) is 10.1 Å². The number of anilines is 1. The largest absolute Gasteiger partial charge is 0.462 e. The highest BCUT2D eigenvalue weighted by Crippen LogP contribution is 2.34. The first-order chi connectivity index (χ1) is 13.3. The number of nitrogens with zero attached hydrogens (tertiary/aromatic N) is 2. The number of fused-ring (bicyclic) bond motifs is 1. The summed E-state index contributed by atoms with van der Waals surface area (Å²) in [4.78, 5) is 16.8. The molecule has 2 heterocycles. The molecular weight excluding hydrogens is 517 g/mol. The molecule has 2 aromatic rings. The number of nitrogens with one attached hydrogen (secondary N) is 1. The van der Waals surface area contributed by atoms with Crippen LogP contribution < -0.4 is 5.32 Å². The summed E-state index contributed by atoms with van der Waals surface area (Å²) in [5, 5.41) is 4.32. The van der Waals surface area contributed by atoms with Crippen molar-refractivity contribution < 1.29 is 22.5 Å². The van der Waals surface area contributed by atoms with E-state index in [9.17, 15) is 13.2 Å². The molecule has 1 saturated carbocycles. The van der Waals surface area contributed by atoms with Gasteiger partial charge < -0.3 is 10.1 Å². The second-order valence-corrected chi connectivity index (χ2v) is 10.0. The van der Waals surface area contributed by atoms with Crippen molar-refractivity contribution in [3.63, 3.8) is 0 Å². The number of rotatable bonds is 7. The molecule has 1 aliphatic rings. The topological polar surface area (TPSA) is 111 Å². The third kappa shape index (κ3) is 5.10. The molecule has 0 amide bonds. The third-order valence-electron chi connectivity index (χ3n) is 4.89. The molecule has 3 rings (SSSR count). The molecule has 28 heavy (non-hydrogen) atoms. The van der Waals surface area contributed by atoms with E-state index in [1.54, 1.807) is 6.92 Å². The van der Waals surface area contributed by atoms with Gasteiger partial charge >= 0.3 is 5.97 Å². The predicted molar refractivity (Wildman–Crippen MR) is 118 cm³/mol. The minimum absolute atomic E-state index is 0.0356. The minimum atomic E-state index is -3.95. The van der Waals surface area contributed by atoms with E-state index in [4.69, 9.17) is 9.29 Å². The van der Waals surface area contributed by atoms with Crippen LogP contribution >= 0.6 is 30.3 Å². The summed E-state index contributed by atoms with van der Waals surface area (Å²) in [5.74, 6) is -0.649. The van der Waals surface area contributed by atoms with E-state index in [2.05, 4.69) is 31.5 Å². The fourth-order valence-corrected chi connectivity index (χ4v) is 5.81. The van der Waals surface area contributed by atoms with Crippen molar-refractivity contribution in [2.24, 2.45) is 5.92 Å². The molecule has 0 saturated heterocycles. The van der Waals surface area contributed by atoms with Gasteiger partial charge in [-0.1, -0.05) is 0 Å². The predicted octanol–water partition coefficient (Wildman–Crippen LogP) is 3.92. The van der Waals surface area contributed by atoms with Crippen LogP contribution in [0.15, 0.2) is 18.5 Å². The highest BCUT2D eigenvalue weighted by molar-refractivity contribution is 14.2. The summed E-state index contributed by atoms with van der Waals surface area (Å²) < 4.78 is 38.4. The summed E-state index contributed by atoms with van der Waals surface area (Å²) >= 11 is 2.17. The molecule has 0 spiro atoms. The summed E-state index contributed by atoms with van der Waals surface area (Å²) in [6, 6.07) is 2.02. The van der Waals surface area contributed by atoms with Crippen LogP contribution in [0.5, 0.6) is 0 Å². The lowest BCUT2D eigenvalue weighted by molar-refractivity contribution is 0.0527. The number of ether oxygens (including phenoxy) is 1. The van der Waals surface area contributed by atoms with Crippen LogP contribution in [0.2, 0.25) is 0 Å². The number of carbonyl (C=O) groups is 1. The molecule has 2 aromatic heterocycles. The molecule has 0 atom stereocenters. The third-order valence-corrected chi connectivity index (χ3v) is 7.50. The monoisotopic (exact) mass is 539 g/mol. The van der Waals surface area contributed by atoms with Gasteiger partial charge in [-0.15, -0.1) is 0 Å². The SMILES string of the molecule is CCOC(=O)c1cnc2c(ccn2SI)c1NC1CCC(CS(=O)(=O)O)CC1. The molecule has 1 fully saturated rings. The second kappa shape index (κ2) is 9.18. The highest BCUT2D eigenvalue weighted by Gasteiger charge is 2.27. The van der Waals surface area contributed by atoms with Crippen molar-refractivity contribution in [1.29, 1.82) is 0 Å². The van der Waals surface area contributed by atoms with E-state index in [1.165, 1.54) is 15.3 Å². The fraction of sp³-hybridized carbons (Fsp3) is 0.529. The summed E-state index contributed by atoms with van der Waals surface area (Å²) in [6.07, 6.45) is 6.35. The van der Waals surface area contributed by atoms with Crippen molar-refractivity contribution in [2.75, 3.05) is 17.7 Å². The first-order valence-electron chi connectivity index (χ1n) is 9.00. The zero-order valence-corrected chi connectivity index (χ0v) is 19.1. The highest BCUT2D eigenvalue weighted by atomic mass is 127. The number of hydrogen-bond donors (Lipinski definition) is 2. The molecule has 0 aromatic carbocycles. The van der Waals surface area contributed by atoms with E-state index in [0.717, 1.165) is 23.9 Å². The molecule has 0 radical (unpaired) electrons. The lowest BCUT2D eigenvalue weighted by Gasteiger charge is -2.29. The normalized spacial score (nSPS) is 20.2. The smallest absolute Gasteiger partial charge is 0.341 e. The van der Waals surface area contributed by atoms with Crippen LogP contribution in [0, 0.1) is 5.92 Å². The summed E-state index contributed by atoms with van der Waals surface area (Å²) in [5.41, 5.74) is 1.85. The number of carbonyl (C=O) groups excluding carboxylic acids is 1. The number of halogens is 1. The van der Waals surface area contributed by atoms with Gasteiger partial charge in [0.1, 0.15) is 5.56 Å². The van der Waals surface area contributed by atoms with Gasteiger partial charge in [0.05, 0.1) is 18.0 Å². The van der Waals surface area contributed by atoms with Crippen molar-refractivity contribution in [3.05, 3.63) is 24.0 Å². The summed E-state index contributed by atoms with van der Waals surface area (Å²) in [6.45, 7) is 2.04. The van der Waals surface area contributed by atoms with E-state index < -0.39 is 16.1 Å². The van der Waals surface area contributed by atoms with Gasteiger partial charge in [-0.2, -0.15) is 8.42 Å². The number of hydrogen-bond acceptors (Lipinski definition) is 7. The lowest BCUT2D eigenvalue weighted by Crippen LogP contribution is -2.29. The van der Waals surface area contributed by atoms with E-state index in [-0.39, 0.29) is 24.3 Å². The molecule has 0 bridgehead atoms. The van der Waals surface area contributed by atoms with Crippen molar-refractivity contribution in [3.8, 4) is 0 Å². The van der Waals surface area contributed by atoms with E-state index in [0.29, 0.717) is 24.1 Å². The quantitative estimate of drug-likeness (QED) is 0.310. The van der Waals surface area contributed by atoms with E-state index >= 15 is 0 Å². The van der Waals surface area contributed by atoms with Crippen molar-refractivity contribution >= 4 is 63.1 Å². The fourth-order valence-electron chi connectivity index (χ4n) is 3.61. The number of pyridine rings is 1. The van der Waals surface area contributed by atoms with Gasteiger partial charge in [0.2, 0.25) is 0 Å². The van der Waals surface area contributed by atoms with Crippen LogP contribution in [-0.4, -0.2) is 46.3 Å². The van der Waals surface area contributed by atoms with Crippen LogP contribution in [-0.2, 0) is 14.9 Å². The number of aromatic nitrogens is 2. The van der Waals surface area contributed by atoms with Gasteiger partial charge in [0.15, 0.2) is 5.65 Å². The molecule has 0 aliphatic heterocycles. The Balaban J connectivity index is 1.84. The maximum Gasteiger partial charge on any atom is 0.341 e. The standard InChI is InChI=1S/C17H22IN3O5S2/c1-2-26-17(22)14-9-19-16-13(7-8-21(16)27-18)15(14)20-12-5-3-11(4-6-12)10-28(23,24)25/h7-9,11-12H,2-6,10H2,1H3,(H,19,20)(H,23,24,25).